The summed E-state index contributed by atoms with van der Waals surface area (Å²) in [6, 6.07) is 10.6. The van der Waals surface area contributed by atoms with Crippen molar-refractivity contribution in [2.45, 2.75) is 25.2 Å². The van der Waals surface area contributed by atoms with E-state index in [0.29, 0.717) is 11.7 Å². The maximum Gasteiger partial charge on any atom is 0.225 e. The van der Waals surface area contributed by atoms with Gasteiger partial charge in [0.25, 0.3) is 0 Å². The molecule has 0 spiro atoms. The van der Waals surface area contributed by atoms with Crippen LogP contribution in [0.4, 0.5) is 0 Å². The number of nitrogens with zero attached hydrogens (tertiary/aromatic N) is 4. The van der Waals surface area contributed by atoms with E-state index >= 15 is 0 Å². The molecule has 6 nitrogen and oxygen atoms in total. The highest BCUT2D eigenvalue weighted by atomic mass is 15.5. The molecule has 0 saturated carbocycles. The molecule has 3 aromatic rings. The Kier molecular flexibility index (Phi) is 2.58. The quantitative estimate of drug-likeness (QED) is 0.741. The Labute approximate surface area is 115 Å². The summed E-state index contributed by atoms with van der Waals surface area (Å²) in [5.74, 6) is 1.10. The van der Waals surface area contributed by atoms with Crippen molar-refractivity contribution in [3.05, 3.63) is 47.2 Å². The standard InChI is InChI=1S/C14H14N6/c1-2-4-9(5-3-1)10-6-7-12-11(8-10)13(16-15-12)14-17-19-20-18-14/h1-5,10H,6-8H2,(H,15,16)(H,17,18,19,20). The fraction of sp³-hybridized carbons (Fsp3) is 0.286. The summed E-state index contributed by atoms with van der Waals surface area (Å²) in [4.78, 5) is 0. The summed E-state index contributed by atoms with van der Waals surface area (Å²) < 4.78 is 0. The largest absolute Gasteiger partial charge is 0.282 e. The van der Waals surface area contributed by atoms with Crippen LogP contribution in [0.1, 0.15) is 29.2 Å². The van der Waals surface area contributed by atoms with Crippen molar-refractivity contribution in [3.8, 4) is 11.5 Å². The molecular weight excluding hydrogens is 252 g/mol. The Bertz CT molecular complexity index is 701. The van der Waals surface area contributed by atoms with Crippen molar-refractivity contribution in [1.29, 1.82) is 0 Å². The van der Waals surface area contributed by atoms with E-state index in [9.17, 15) is 0 Å². The van der Waals surface area contributed by atoms with Gasteiger partial charge in [-0.1, -0.05) is 30.3 Å². The molecule has 0 bridgehead atoms. The predicted molar refractivity (Wildman–Crippen MR) is 73.0 cm³/mol. The lowest BCUT2D eigenvalue weighted by molar-refractivity contribution is 0.579. The van der Waals surface area contributed by atoms with E-state index in [2.05, 4.69) is 61.2 Å². The molecule has 0 radical (unpaired) electrons. The molecule has 6 heteroatoms. The number of aryl methyl sites for hydroxylation is 1. The van der Waals surface area contributed by atoms with Gasteiger partial charge in [-0.25, -0.2) is 0 Å². The minimum absolute atomic E-state index is 0.534. The highest BCUT2D eigenvalue weighted by molar-refractivity contribution is 5.56. The second kappa shape index (κ2) is 4.56. The van der Waals surface area contributed by atoms with Crippen molar-refractivity contribution in [2.75, 3.05) is 0 Å². The van der Waals surface area contributed by atoms with Crippen LogP contribution in [0.5, 0.6) is 0 Å². The van der Waals surface area contributed by atoms with Crippen molar-refractivity contribution >= 4 is 0 Å². The van der Waals surface area contributed by atoms with Crippen molar-refractivity contribution in [3.63, 3.8) is 0 Å². The molecule has 1 aliphatic carbocycles. The van der Waals surface area contributed by atoms with Crippen molar-refractivity contribution < 1.29 is 0 Å². The lowest BCUT2D eigenvalue weighted by Crippen LogP contribution is -2.12. The van der Waals surface area contributed by atoms with Gasteiger partial charge in [0.1, 0.15) is 5.69 Å². The molecule has 100 valence electrons. The number of tetrazole rings is 1. The summed E-state index contributed by atoms with van der Waals surface area (Å²) in [5.41, 5.74) is 4.65. The average molecular weight is 266 g/mol. The van der Waals surface area contributed by atoms with Crippen LogP contribution in [0.3, 0.4) is 0 Å². The smallest absolute Gasteiger partial charge is 0.225 e. The van der Waals surface area contributed by atoms with Gasteiger partial charge in [0, 0.05) is 11.3 Å². The molecule has 1 aromatic carbocycles. The molecule has 1 atom stereocenters. The molecule has 0 aliphatic heterocycles. The molecule has 1 unspecified atom stereocenters. The summed E-state index contributed by atoms with van der Waals surface area (Å²) in [6.07, 6.45) is 3.13. The third kappa shape index (κ3) is 1.80. The van der Waals surface area contributed by atoms with Crippen LogP contribution < -0.4 is 0 Å². The molecular formula is C14H14N6. The fourth-order valence-corrected chi connectivity index (χ4v) is 2.95. The molecule has 0 fully saturated rings. The topological polar surface area (TPSA) is 83.1 Å². The minimum atomic E-state index is 0.534. The highest BCUT2D eigenvalue weighted by Crippen LogP contribution is 2.35. The molecule has 20 heavy (non-hydrogen) atoms. The van der Waals surface area contributed by atoms with E-state index in [1.54, 1.807) is 0 Å². The normalized spacial score (nSPS) is 17.9. The van der Waals surface area contributed by atoms with Gasteiger partial charge >= 0.3 is 0 Å². The Balaban J connectivity index is 1.70. The molecule has 2 heterocycles. The number of rotatable bonds is 2. The lowest BCUT2D eigenvalue weighted by atomic mass is 9.82. The second-order valence-corrected chi connectivity index (χ2v) is 5.12. The zero-order valence-corrected chi connectivity index (χ0v) is 10.9. The zero-order valence-electron chi connectivity index (χ0n) is 10.9. The van der Waals surface area contributed by atoms with E-state index in [0.717, 1.165) is 25.0 Å². The third-order valence-electron chi connectivity index (χ3n) is 3.97. The molecule has 4 rings (SSSR count). The number of hydrogen-bond donors (Lipinski definition) is 2. The van der Waals surface area contributed by atoms with E-state index in [-0.39, 0.29) is 0 Å². The number of nitrogens with one attached hydrogen (secondary N) is 2. The number of aromatic nitrogens is 6. The van der Waals surface area contributed by atoms with Gasteiger partial charge in [-0.2, -0.15) is 10.3 Å². The molecule has 0 saturated heterocycles. The average Bonchev–Trinajstić information content (AvgIpc) is 3.16. The van der Waals surface area contributed by atoms with Gasteiger partial charge in [0.2, 0.25) is 5.82 Å². The Morgan fingerprint density at radius 3 is 2.80 bits per heavy atom. The second-order valence-electron chi connectivity index (χ2n) is 5.12. The summed E-state index contributed by atoms with van der Waals surface area (Å²) in [6.45, 7) is 0. The number of H-pyrrole nitrogens is 2. The summed E-state index contributed by atoms with van der Waals surface area (Å²) in [5, 5.41) is 21.6. The van der Waals surface area contributed by atoms with Gasteiger partial charge in [-0.15, -0.1) is 10.2 Å². The first-order valence-electron chi connectivity index (χ1n) is 6.76. The SMILES string of the molecule is c1ccc(C2CCc3[nH]nc(-c4nn[nH]n4)c3C2)cc1. The zero-order chi connectivity index (χ0) is 13.4. The van der Waals surface area contributed by atoms with E-state index < -0.39 is 0 Å². The van der Waals surface area contributed by atoms with E-state index in [1.165, 1.54) is 16.8 Å². The maximum atomic E-state index is 4.36. The number of benzene rings is 1. The first kappa shape index (κ1) is 11.3. The van der Waals surface area contributed by atoms with Gasteiger partial charge in [0.15, 0.2) is 0 Å². The minimum Gasteiger partial charge on any atom is -0.282 e. The van der Waals surface area contributed by atoms with Crippen LogP contribution in [0.2, 0.25) is 0 Å². The van der Waals surface area contributed by atoms with Crippen LogP contribution in [0, 0.1) is 0 Å². The first-order chi connectivity index (χ1) is 9.92. The van der Waals surface area contributed by atoms with Crippen LogP contribution in [-0.4, -0.2) is 30.8 Å². The highest BCUT2D eigenvalue weighted by Gasteiger charge is 2.26. The molecule has 1 aliphatic rings. The monoisotopic (exact) mass is 266 g/mol. The summed E-state index contributed by atoms with van der Waals surface area (Å²) in [7, 11) is 0. The molecule has 0 amide bonds. The number of hydrogen-bond acceptors (Lipinski definition) is 4. The van der Waals surface area contributed by atoms with E-state index in [1.807, 2.05) is 0 Å². The number of fused-ring (bicyclic) bond motifs is 1. The Hall–Kier alpha value is -2.50. The van der Waals surface area contributed by atoms with Gasteiger partial charge < -0.3 is 0 Å². The van der Waals surface area contributed by atoms with Crippen molar-refractivity contribution in [2.24, 2.45) is 0 Å². The van der Waals surface area contributed by atoms with Gasteiger partial charge in [-0.3, -0.25) is 5.10 Å². The number of aromatic amines is 2. The van der Waals surface area contributed by atoms with Crippen molar-refractivity contribution in [1.82, 2.24) is 30.8 Å². The van der Waals surface area contributed by atoms with Crippen LogP contribution >= 0.6 is 0 Å². The molecule has 2 aromatic heterocycles. The first-order valence-corrected chi connectivity index (χ1v) is 6.76. The predicted octanol–water partition coefficient (Wildman–Crippen LogP) is 1.86. The third-order valence-corrected chi connectivity index (χ3v) is 3.97. The Morgan fingerprint density at radius 1 is 1.10 bits per heavy atom. The van der Waals surface area contributed by atoms with E-state index in [4.69, 9.17) is 0 Å². The summed E-state index contributed by atoms with van der Waals surface area (Å²) >= 11 is 0. The van der Waals surface area contributed by atoms with Crippen LogP contribution in [0.25, 0.3) is 11.5 Å². The van der Waals surface area contributed by atoms with Gasteiger partial charge in [-0.05, 0) is 36.0 Å². The van der Waals surface area contributed by atoms with Crippen LogP contribution in [-0.2, 0) is 12.8 Å². The Morgan fingerprint density at radius 2 is 2.00 bits per heavy atom. The van der Waals surface area contributed by atoms with Crippen LogP contribution in [0.15, 0.2) is 30.3 Å². The maximum absolute atomic E-state index is 4.36. The molecule has 2 N–H and O–H groups in total. The lowest BCUT2D eigenvalue weighted by Gasteiger charge is -2.22. The fourth-order valence-electron chi connectivity index (χ4n) is 2.95. The van der Waals surface area contributed by atoms with Gasteiger partial charge in [0.05, 0.1) is 0 Å².